The minimum Gasteiger partial charge on any atom is -0.486 e. The van der Waals surface area contributed by atoms with Crippen molar-refractivity contribution < 1.29 is 9.47 Å². The molecule has 0 saturated carbocycles. The van der Waals surface area contributed by atoms with Crippen LogP contribution in [0.1, 0.15) is 11.3 Å². The van der Waals surface area contributed by atoms with E-state index in [1.807, 2.05) is 25.1 Å². The Kier molecular flexibility index (Phi) is 3.13. The maximum Gasteiger partial charge on any atom is 0.162 e. The zero-order chi connectivity index (χ0) is 13.2. The molecule has 19 heavy (non-hydrogen) atoms. The second kappa shape index (κ2) is 4.93. The van der Waals surface area contributed by atoms with Gasteiger partial charge in [0.1, 0.15) is 13.2 Å². The summed E-state index contributed by atoms with van der Waals surface area (Å²) in [6, 6.07) is 6.03. The fourth-order valence-corrected chi connectivity index (χ4v) is 2.25. The number of rotatable bonds is 3. The van der Waals surface area contributed by atoms with Gasteiger partial charge in [0.2, 0.25) is 0 Å². The number of benzene rings is 1. The number of nitrogens with one attached hydrogen (secondary N) is 1. The molecule has 1 aliphatic heterocycles. The zero-order valence-electron chi connectivity index (χ0n) is 10.9. The molecule has 0 spiro atoms. The molecule has 0 fully saturated rings. The fourth-order valence-electron chi connectivity index (χ4n) is 2.25. The van der Waals surface area contributed by atoms with E-state index in [0.29, 0.717) is 19.8 Å². The topological polar surface area (TPSA) is 73.2 Å². The SMILES string of the molecule is Cc1cc2c(cc1-c1cc(CCN)[nH]n1)OCCO2. The van der Waals surface area contributed by atoms with Gasteiger partial charge >= 0.3 is 0 Å². The van der Waals surface area contributed by atoms with Crippen LogP contribution in [0.25, 0.3) is 11.3 Å². The summed E-state index contributed by atoms with van der Waals surface area (Å²) in [5.41, 5.74) is 9.69. The molecule has 1 aromatic carbocycles. The van der Waals surface area contributed by atoms with Gasteiger partial charge < -0.3 is 15.2 Å². The first-order valence-corrected chi connectivity index (χ1v) is 6.43. The number of hydrogen-bond acceptors (Lipinski definition) is 4. The lowest BCUT2D eigenvalue weighted by atomic mass is 10.0. The van der Waals surface area contributed by atoms with Gasteiger partial charge in [-0.2, -0.15) is 5.10 Å². The third-order valence-electron chi connectivity index (χ3n) is 3.21. The predicted molar refractivity (Wildman–Crippen MR) is 72.5 cm³/mol. The van der Waals surface area contributed by atoms with Crippen LogP contribution < -0.4 is 15.2 Å². The number of aryl methyl sites for hydroxylation is 1. The Labute approximate surface area is 111 Å². The molecule has 2 heterocycles. The molecule has 2 aromatic rings. The van der Waals surface area contributed by atoms with Gasteiger partial charge in [-0.1, -0.05) is 0 Å². The van der Waals surface area contributed by atoms with Crippen molar-refractivity contribution >= 4 is 0 Å². The number of aromatic amines is 1. The van der Waals surface area contributed by atoms with Crippen LogP contribution in [0.5, 0.6) is 11.5 Å². The van der Waals surface area contributed by atoms with Crippen LogP contribution in [-0.2, 0) is 6.42 Å². The van der Waals surface area contributed by atoms with E-state index >= 15 is 0 Å². The molecule has 0 aliphatic carbocycles. The van der Waals surface area contributed by atoms with E-state index < -0.39 is 0 Å². The van der Waals surface area contributed by atoms with Gasteiger partial charge in [0.15, 0.2) is 11.5 Å². The van der Waals surface area contributed by atoms with Crippen LogP contribution in [0.3, 0.4) is 0 Å². The first-order valence-electron chi connectivity index (χ1n) is 6.43. The van der Waals surface area contributed by atoms with Gasteiger partial charge in [-0.15, -0.1) is 0 Å². The van der Waals surface area contributed by atoms with Crippen LogP contribution in [0.2, 0.25) is 0 Å². The molecule has 5 heteroatoms. The number of fused-ring (bicyclic) bond motifs is 1. The molecule has 0 bridgehead atoms. The van der Waals surface area contributed by atoms with Crippen molar-refractivity contribution in [3.05, 3.63) is 29.5 Å². The molecule has 0 atom stereocenters. The maximum atomic E-state index is 5.61. The first-order chi connectivity index (χ1) is 9.28. The summed E-state index contributed by atoms with van der Waals surface area (Å²) in [4.78, 5) is 0. The molecule has 3 rings (SSSR count). The highest BCUT2D eigenvalue weighted by molar-refractivity contribution is 5.68. The van der Waals surface area contributed by atoms with E-state index in [4.69, 9.17) is 15.2 Å². The van der Waals surface area contributed by atoms with Crippen LogP contribution in [0.4, 0.5) is 0 Å². The molecule has 1 aliphatic rings. The molecule has 3 N–H and O–H groups in total. The highest BCUT2D eigenvalue weighted by Crippen LogP contribution is 2.36. The number of ether oxygens (including phenoxy) is 2. The molecule has 0 radical (unpaired) electrons. The van der Waals surface area contributed by atoms with Crippen molar-refractivity contribution in [2.45, 2.75) is 13.3 Å². The van der Waals surface area contributed by atoms with Crippen molar-refractivity contribution in [1.82, 2.24) is 10.2 Å². The van der Waals surface area contributed by atoms with Crippen LogP contribution in [-0.4, -0.2) is 30.0 Å². The van der Waals surface area contributed by atoms with Crippen molar-refractivity contribution in [2.24, 2.45) is 5.73 Å². The lowest BCUT2D eigenvalue weighted by Crippen LogP contribution is -2.15. The second-order valence-electron chi connectivity index (χ2n) is 4.63. The molecular formula is C14H17N3O2. The fraction of sp³-hybridized carbons (Fsp3) is 0.357. The molecule has 0 amide bonds. The minimum atomic E-state index is 0.592. The van der Waals surface area contributed by atoms with Gasteiger partial charge in [-0.25, -0.2) is 0 Å². The highest BCUT2D eigenvalue weighted by atomic mass is 16.6. The van der Waals surface area contributed by atoms with Gasteiger partial charge in [0.25, 0.3) is 0 Å². The standard InChI is InChI=1S/C14H17N3O2/c1-9-6-13-14(19-5-4-18-13)8-11(9)12-7-10(2-3-15)16-17-12/h6-8H,2-5,15H2,1H3,(H,16,17). The molecule has 1 aromatic heterocycles. The summed E-state index contributed by atoms with van der Waals surface area (Å²) in [6.07, 6.45) is 0.802. The summed E-state index contributed by atoms with van der Waals surface area (Å²) < 4.78 is 11.2. The molecule has 100 valence electrons. The van der Waals surface area contributed by atoms with E-state index in [0.717, 1.165) is 40.4 Å². The molecule has 0 saturated heterocycles. The molecule has 0 unspecified atom stereocenters. The van der Waals surface area contributed by atoms with Crippen LogP contribution in [0, 0.1) is 6.92 Å². The third-order valence-corrected chi connectivity index (χ3v) is 3.21. The monoisotopic (exact) mass is 259 g/mol. The van der Waals surface area contributed by atoms with Crippen molar-refractivity contribution in [2.75, 3.05) is 19.8 Å². The van der Waals surface area contributed by atoms with Crippen LogP contribution in [0.15, 0.2) is 18.2 Å². The lowest BCUT2D eigenvalue weighted by Gasteiger charge is -2.19. The van der Waals surface area contributed by atoms with Crippen molar-refractivity contribution in [3.63, 3.8) is 0 Å². The summed E-state index contributed by atoms with van der Waals surface area (Å²) in [7, 11) is 0. The number of H-pyrrole nitrogens is 1. The lowest BCUT2D eigenvalue weighted by molar-refractivity contribution is 0.171. The van der Waals surface area contributed by atoms with Gasteiger partial charge in [-0.3, -0.25) is 5.10 Å². The smallest absolute Gasteiger partial charge is 0.162 e. The Morgan fingerprint density at radius 2 is 1.95 bits per heavy atom. The van der Waals surface area contributed by atoms with E-state index in [2.05, 4.69) is 10.2 Å². The second-order valence-corrected chi connectivity index (χ2v) is 4.63. The zero-order valence-corrected chi connectivity index (χ0v) is 10.9. The van der Waals surface area contributed by atoms with Gasteiger partial charge in [0, 0.05) is 17.7 Å². The maximum absolute atomic E-state index is 5.61. The Morgan fingerprint density at radius 3 is 2.68 bits per heavy atom. The predicted octanol–water partition coefficient (Wildman–Crippen LogP) is 1.66. The molecular weight excluding hydrogens is 242 g/mol. The average Bonchev–Trinajstić information content (AvgIpc) is 2.87. The first kappa shape index (κ1) is 12.0. The quantitative estimate of drug-likeness (QED) is 0.879. The van der Waals surface area contributed by atoms with E-state index in [1.165, 1.54) is 0 Å². The van der Waals surface area contributed by atoms with Crippen molar-refractivity contribution in [3.8, 4) is 22.8 Å². The average molecular weight is 259 g/mol. The number of hydrogen-bond donors (Lipinski definition) is 2. The summed E-state index contributed by atoms with van der Waals surface area (Å²) in [5, 5.41) is 7.35. The normalized spacial score (nSPS) is 13.6. The Bertz CT molecular complexity index is 592. The Balaban J connectivity index is 1.99. The summed E-state index contributed by atoms with van der Waals surface area (Å²) >= 11 is 0. The number of nitrogens with zero attached hydrogens (tertiary/aromatic N) is 1. The highest BCUT2D eigenvalue weighted by Gasteiger charge is 2.16. The van der Waals surface area contributed by atoms with E-state index in [1.54, 1.807) is 0 Å². The summed E-state index contributed by atoms with van der Waals surface area (Å²) in [6.45, 7) is 3.86. The van der Waals surface area contributed by atoms with E-state index in [-0.39, 0.29) is 0 Å². The van der Waals surface area contributed by atoms with Gasteiger partial charge in [0.05, 0.1) is 5.69 Å². The van der Waals surface area contributed by atoms with E-state index in [9.17, 15) is 0 Å². The van der Waals surface area contributed by atoms with Crippen LogP contribution >= 0.6 is 0 Å². The largest absolute Gasteiger partial charge is 0.486 e. The van der Waals surface area contributed by atoms with Crippen molar-refractivity contribution in [1.29, 1.82) is 0 Å². The Hall–Kier alpha value is -2.01. The third kappa shape index (κ3) is 2.29. The van der Waals surface area contributed by atoms with Gasteiger partial charge in [-0.05, 0) is 37.2 Å². The Morgan fingerprint density at radius 1 is 1.21 bits per heavy atom. The number of aromatic nitrogens is 2. The number of nitrogens with two attached hydrogens (primary N) is 1. The molecule has 5 nitrogen and oxygen atoms in total. The minimum absolute atomic E-state index is 0.592. The summed E-state index contributed by atoms with van der Waals surface area (Å²) in [5.74, 6) is 1.60.